The maximum atomic E-state index is 13.5. The highest BCUT2D eigenvalue weighted by Crippen LogP contribution is 2.31. The van der Waals surface area contributed by atoms with Crippen LogP contribution in [-0.2, 0) is 0 Å². The Bertz CT molecular complexity index is 324. The highest BCUT2D eigenvalue weighted by Gasteiger charge is 2.30. The van der Waals surface area contributed by atoms with E-state index in [0.29, 0.717) is 18.0 Å². The SMILES string of the molecule is CC1CC(c2ccccc2F)C(C)N1. The van der Waals surface area contributed by atoms with E-state index in [-0.39, 0.29) is 5.82 Å². The minimum atomic E-state index is -0.0692. The zero-order chi connectivity index (χ0) is 10.1. The fraction of sp³-hybridized carbons (Fsp3) is 0.500. The normalized spacial score (nSPS) is 32.1. The fourth-order valence-electron chi connectivity index (χ4n) is 2.39. The van der Waals surface area contributed by atoms with Gasteiger partial charge in [0.05, 0.1) is 0 Å². The molecule has 76 valence electrons. The lowest BCUT2D eigenvalue weighted by atomic mass is 9.91. The third kappa shape index (κ3) is 1.67. The van der Waals surface area contributed by atoms with E-state index in [1.807, 2.05) is 12.1 Å². The molecule has 1 aromatic carbocycles. The van der Waals surface area contributed by atoms with Gasteiger partial charge in [-0.1, -0.05) is 18.2 Å². The fourth-order valence-corrected chi connectivity index (χ4v) is 2.39. The van der Waals surface area contributed by atoms with Crippen LogP contribution in [-0.4, -0.2) is 12.1 Å². The molecule has 0 amide bonds. The van der Waals surface area contributed by atoms with Crippen LogP contribution in [0.25, 0.3) is 0 Å². The van der Waals surface area contributed by atoms with Gasteiger partial charge in [0.25, 0.3) is 0 Å². The van der Waals surface area contributed by atoms with Crippen molar-refractivity contribution in [2.24, 2.45) is 0 Å². The molecule has 14 heavy (non-hydrogen) atoms. The number of hydrogen-bond acceptors (Lipinski definition) is 1. The van der Waals surface area contributed by atoms with Crippen molar-refractivity contribution in [3.05, 3.63) is 35.6 Å². The molecular formula is C12H16FN. The predicted octanol–water partition coefficient (Wildman–Crippen LogP) is 2.68. The summed E-state index contributed by atoms with van der Waals surface area (Å²) in [5, 5.41) is 3.43. The van der Waals surface area contributed by atoms with Gasteiger partial charge in [0, 0.05) is 18.0 Å². The average Bonchev–Trinajstić information content (AvgIpc) is 2.46. The van der Waals surface area contributed by atoms with Gasteiger partial charge in [0.1, 0.15) is 5.82 Å². The standard InChI is InChI=1S/C12H16FN/c1-8-7-11(9(2)14-8)10-5-3-4-6-12(10)13/h3-6,8-9,11,14H,7H2,1-2H3. The Morgan fingerprint density at radius 2 is 2.00 bits per heavy atom. The van der Waals surface area contributed by atoms with Gasteiger partial charge in [-0.3, -0.25) is 0 Å². The van der Waals surface area contributed by atoms with Gasteiger partial charge in [-0.15, -0.1) is 0 Å². The Hall–Kier alpha value is -0.890. The lowest BCUT2D eigenvalue weighted by Gasteiger charge is -2.15. The van der Waals surface area contributed by atoms with Gasteiger partial charge in [-0.25, -0.2) is 4.39 Å². The zero-order valence-electron chi connectivity index (χ0n) is 8.63. The number of halogens is 1. The van der Waals surface area contributed by atoms with Crippen LogP contribution in [0.1, 0.15) is 31.7 Å². The first kappa shape index (κ1) is 9.66. The van der Waals surface area contributed by atoms with Crippen molar-refractivity contribution < 1.29 is 4.39 Å². The second kappa shape index (κ2) is 3.70. The monoisotopic (exact) mass is 193 g/mol. The predicted molar refractivity (Wildman–Crippen MR) is 55.8 cm³/mol. The smallest absolute Gasteiger partial charge is 0.126 e. The Morgan fingerprint density at radius 1 is 1.29 bits per heavy atom. The van der Waals surface area contributed by atoms with Crippen LogP contribution in [0.3, 0.4) is 0 Å². The van der Waals surface area contributed by atoms with Crippen LogP contribution in [0, 0.1) is 5.82 Å². The van der Waals surface area contributed by atoms with Crippen molar-refractivity contribution in [1.29, 1.82) is 0 Å². The Labute approximate surface area is 84.3 Å². The summed E-state index contributed by atoms with van der Waals surface area (Å²) in [6.07, 6.45) is 1.03. The first-order valence-electron chi connectivity index (χ1n) is 5.19. The molecule has 2 rings (SSSR count). The molecule has 0 spiro atoms. The van der Waals surface area contributed by atoms with Gasteiger partial charge in [0.15, 0.2) is 0 Å². The molecule has 1 nitrogen and oxygen atoms in total. The van der Waals surface area contributed by atoms with E-state index in [2.05, 4.69) is 19.2 Å². The van der Waals surface area contributed by atoms with E-state index < -0.39 is 0 Å². The highest BCUT2D eigenvalue weighted by molar-refractivity contribution is 5.24. The summed E-state index contributed by atoms with van der Waals surface area (Å²) in [4.78, 5) is 0. The minimum absolute atomic E-state index is 0.0692. The van der Waals surface area contributed by atoms with Crippen LogP contribution in [0.15, 0.2) is 24.3 Å². The van der Waals surface area contributed by atoms with Gasteiger partial charge in [-0.2, -0.15) is 0 Å². The van der Waals surface area contributed by atoms with Crippen molar-refractivity contribution in [2.75, 3.05) is 0 Å². The first-order valence-corrected chi connectivity index (χ1v) is 5.19. The van der Waals surface area contributed by atoms with Crippen molar-refractivity contribution in [3.8, 4) is 0 Å². The van der Waals surface area contributed by atoms with E-state index in [4.69, 9.17) is 0 Å². The molecule has 2 heteroatoms. The van der Waals surface area contributed by atoms with Crippen LogP contribution < -0.4 is 5.32 Å². The molecule has 0 radical (unpaired) electrons. The van der Waals surface area contributed by atoms with E-state index in [0.717, 1.165) is 12.0 Å². The summed E-state index contributed by atoms with van der Waals surface area (Å²) >= 11 is 0. The Kier molecular flexibility index (Phi) is 2.55. The number of hydrogen-bond donors (Lipinski definition) is 1. The van der Waals surface area contributed by atoms with E-state index in [1.54, 1.807) is 12.1 Å². The second-order valence-corrected chi connectivity index (χ2v) is 4.22. The summed E-state index contributed by atoms with van der Waals surface area (Å²) in [6.45, 7) is 4.28. The molecule has 0 aliphatic carbocycles. The van der Waals surface area contributed by atoms with Crippen molar-refractivity contribution >= 4 is 0 Å². The zero-order valence-corrected chi connectivity index (χ0v) is 8.63. The average molecular weight is 193 g/mol. The van der Waals surface area contributed by atoms with Crippen LogP contribution in [0.4, 0.5) is 4.39 Å². The van der Waals surface area contributed by atoms with E-state index in [9.17, 15) is 4.39 Å². The lowest BCUT2D eigenvalue weighted by Crippen LogP contribution is -2.26. The minimum Gasteiger partial charge on any atom is -0.311 e. The van der Waals surface area contributed by atoms with Crippen molar-refractivity contribution in [1.82, 2.24) is 5.32 Å². The lowest BCUT2D eigenvalue weighted by molar-refractivity contribution is 0.541. The van der Waals surface area contributed by atoms with Crippen LogP contribution in [0.2, 0.25) is 0 Å². The largest absolute Gasteiger partial charge is 0.311 e. The first-order chi connectivity index (χ1) is 6.68. The molecule has 0 saturated carbocycles. The third-order valence-corrected chi connectivity index (χ3v) is 3.06. The van der Waals surface area contributed by atoms with Gasteiger partial charge in [-0.05, 0) is 31.9 Å². The van der Waals surface area contributed by atoms with Crippen LogP contribution >= 0.6 is 0 Å². The molecule has 1 aliphatic rings. The summed E-state index contributed by atoms with van der Waals surface area (Å²) in [5.41, 5.74) is 0.858. The summed E-state index contributed by atoms with van der Waals surface area (Å²) < 4.78 is 13.5. The topological polar surface area (TPSA) is 12.0 Å². The number of nitrogens with one attached hydrogen (secondary N) is 1. The maximum absolute atomic E-state index is 13.5. The third-order valence-electron chi connectivity index (χ3n) is 3.06. The molecule has 1 N–H and O–H groups in total. The van der Waals surface area contributed by atoms with Crippen molar-refractivity contribution in [2.45, 2.75) is 38.3 Å². The summed E-state index contributed by atoms with van der Waals surface area (Å²) in [6, 6.07) is 7.97. The molecule has 3 unspecified atom stereocenters. The van der Waals surface area contributed by atoms with Crippen molar-refractivity contribution in [3.63, 3.8) is 0 Å². The van der Waals surface area contributed by atoms with Gasteiger partial charge < -0.3 is 5.32 Å². The molecule has 3 atom stereocenters. The summed E-state index contributed by atoms with van der Waals surface area (Å²) in [7, 11) is 0. The molecule has 1 heterocycles. The second-order valence-electron chi connectivity index (χ2n) is 4.22. The van der Waals surface area contributed by atoms with E-state index in [1.165, 1.54) is 0 Å². The van der Waals surface area contributed by atoms with Gasteiger partial charge >= 0.3 is 0 Å². The molecule has 1 saturated heterocycles. The molecular weight excluding hydrogens is 177 g/mol. The van der Waals surface area contributed by atoms with Gasteiger partial charge in [0.2, 0.25) is 0 Å². The molecule has 0 aromatic heterocycles. The highest BCUT2D eigenvalue weighted by atomic mass is 19.1. The number of benzene rings is 1. The molecule has 1 aliphatic heterocycles. The molecule has 1 aromatic rings. The number of rotatable bonds is 1. The quantitative estimate of drug-likeness (QED) is 0.723. The maximum Gasteiger partial charge on any atom is 0.126 e. The van der Waals surface area contributed by atoms with E-state index >= 15 is 0 Å². The molecule has 1 fully saturated rings. The molecule has 0 bridgehead atoms. The summed E-state index contributed by atoms with van der Waals surface area (Å²) in [5.74, 6) is 0.256. The Morgan fingerprint density at radius 3 is 2.57 bits per heavy atom. The Balaban J connectivity index is 2.27. The van der Waals surface area contributed by atoms with Crippen LogP contribution in [0.5, 0.6) is 0 Å².